The van der Waals surface area contributed by atoms with Gasteiger partial charge in [0.2, 0.25) is 0 Å². The fourth-order valence-corrected chi connectivity index (χ4v) is 4.44. The smallest absolute Gasteiger partial charge is 0.191 e. The van der Waals surface area contributed by atoms with Crippen molar-refractivity contribution in [3.05, 3.63) is 0 Å². The van der Waals surface area contributed by atoms with Crippen LogP contribution in [0, 0.1) is 0 Å². The first-order valence-electron chi connectivity index (χ1n) is 7.58. The lowest BCUT2D eigenvalue weighted by molar-refractivity contribution is 0.0389. The van der Waals surface area contributed by atoms with Crippen LogP contribution in [0.3, 0.4) is 0 Å². The second kappa shape index (κ2) is 7.95. The van der Waals surface area contributed by atoms with Gasteiger partial charge in [-0.1, -0.05) is 0 Å². The third kappa shape index (κ3) is 5.12. The van der Waals surface area contributed by atoms with Crippen molar-refractivity contribution in [1.29, 1.82) is 0 Å². The summed E-state index contributed by atoms with van der Waals surface area (Å²) in [5.74, 6) is 0.993. The number of rotatable bonds is 5. The van der Waals surface area contributed by atoms with Crippen molar-refractivity contribution in [2.24, 2.45) is 4.99 Å². The molecule has 8 heteroatoms. The van der Waals surface area contributed by atoms with Crippen molar-refractivity contribution in [2.45, 2.75) is 18.1 Å². The number of nitrogens with one attached hydrogen (secondary N) is 2. The van der Waals surface area contributed by atoms with Gasteiger partial charge in [-0.3, -0.25) is 9.89 Å². The van der Waals surface area contributed by atoms with E-state index in [1.807, 2.05) is 0 Å². The first-order chi connectivity index (χ1) is 10.1. The van der Waals surface area contributed by atoms with E-state index in [4.69, 9.17) is 4.74 Å². The second-order valence-electron chi connectivity index (χ2n) is 5.47. The number of hydrogen-bond donors (Lipinski definition) is 2. The Balaban J connectivity index is 1.66. The van der Waals surface area contributed by atoms with Gasteiger partial charge in [-0.05, 0) is 12.8 Å². The maximum absolute atomic E-state index is 11.8. The molecule has 0 amide bonds. The molecule has 0 aliphatic carbocycles. The van der Waals surface area contributed by atoms with E-state index in [1.54, 1.807) is 7.05 Å². The summed E-state index contributed by atoms with van der Waals surface area (Å²) in [6.45, 7) is 5.70. The molecule has 0 spiro atoms. The third-order valence-electron chi connectivity index (χ3n) is 4.01. The van der Waals surface area contributed by atoms with Crippen LogP contribution in [0.2, 0.25) is 0 Å². The molecule has 2 saturated heterocycles. The van der Waals surface area contributed by atoms with E-state index < -0.39 is 9.84 Å². The van der Waals surface area contributed by atoms with Gasteiger partial charge in [-0.25, -0.2) is 8.42 Å². The van der Waals surface area contributed by atoms with Gasteiger partial charge in [0.05, 0.1) is 24.2 Å². The van der Waals surface area contributed by atoms with Crippen molar-refractivity contribution in [2.75, 3.05) is 58.7 Å². The van der Waals surface area contributed by atoms with Gasteiger partial charge in [-0.15, -0.1) is 0 Å². The van der Waals surface area contributed by atoms with Gasteiger partial charge in [-0.2, -0.15) is 0 Å². The summed E-state index contributed by atoms with van der Waals surface area (Å²) in [5.41, 5.74) is 0. The fourth-order valence-electron chi connectivity index (χ4n) is 2.68. The largest absolute Gasteiger partial charge is 0.379 e. The van der Waals surface area contributed by atoms with E-state index in [0.29, 0.717) is 18.3 Å². The molecule has 2 heterocycles. The second-order valence-corrected chi connectivity index (χ2v) is 7.87. The minimum absolute atomic E-state index is 0.268. The topological polar surface area (TPSA) is 83.0 Å². The molecular weight excluding hydrogens is 292 g/mol. The lowest BCUT2D eigenvalue weighted by Crippen LogP contribution is -2.46. The van der Waals surface area contributed by atoms with Crippen LogP contribution < -0.4 is 10.6 Å². The average molecular weight is 318 g/mol. The number of aliphatic imine (C=N–C) groups is 1. The molecular formula is C13H26N4O3S. The summed E-state index contributed by atoms with van der Waals surface area (Å²) in [7, 11) is -1.19. The predicted molar refractivity (Wildman–Crippen MR) is 83.4 cm³/mol. The molecule has 2 N–H and O–H groups in total. The first-order valence-corrected chi connectivity index (χ1v) is 9.29. The highest BCUT2D eigenvalue weighted by Gasteiger charge is 2.31. The molecule has 2 aliphatic rings. The maximum atomic E-state index is 11.8. The molecule has 2 rings (SSSR count). The molecule has 7 nitrogen and oxygen atoms in total. The number of nitrogens with zero attached hydrogens (tertiary/aromatic N) is 2. The van der Waals surface area contributed by atoms with Crippen molar-refractivity contribution in [3.63, 3.8) is 0 Å². The van der Waals surface area contributed by atoms with E-state index in [2.05, 4.69) is 20.5 Å². The van der Waals surface area contributed by atoms with E-state index in [1.165, 1.54) is 0 Å². The number of sulfone groups is 1. The van der Waals surface area contributed by atoms with Crippen LogP contribution in [0.1, 0.15) is 12.8 Å². The Kier molecular flexibility index (Phi) is 6.25. The Bertz CT molecular complexity index is 446. The first kappa shape index (κ1) is 16.5. The Morgan fingerprint density at radius 1 is 1.33 bits per heavy atom. The average Bonchev–Trinajstić information content (AvgIpc) is 2.82. The third-order valence-corrected chi connectivity index (χ3v) is 6.28. The number of morpholine rings is 1. The summed E-state index contributed by atoms with van der Waals surface area (Å²) in [6, 6.07) is 0. The van der Waals surface area contributed by atoms with Gasteiger partial charge in [0.15, 0.2) is 15.8 Å². The molecule has 0 aromatic heterocycles. The highest BCUT2D eigenvalue weighted by Crippen LogP contribution is 2.18. The quantitative estimate of drug-likeness (QED) is 0.503. The van der Waals surface area contributed by atoms with Crippen LogP contribution in [0.4, 0.5) is 0 Å². The lowest BCUT2D eigenvalue weighted by Gasteiger charge is -2.26. The van der Waals surface area contributed by atoms with Gasteiger partial charge < -0.3 is 15.4 Å². The van der Waals surface area contributed by atoms with E-state index in [-0.39, 0.29) is 5.25 Å². The summed E-state index contributed by atoms with van der Waals surface area (Å²) >= 11 is 0. The monoisotopic (exact) mass is 318 g/mol. The summed E-state index contributed by atoms with van der Waals surface area (Å²) in [5, 5.41) is 6.08. The van der Waals surface area contributed by atoms with Crippen molar-refractivity contribution in [1.82, 2.24) is 15.5 Å². The maximum Gasteiger partial charge on any atom is 0.191 e. The van der Waals surface area contributed by atoms with Crippen LogP contribution in [0.15, 0.2) is 4.99 Å². The van der Waals surface area contributed by atoms with Gasteiger partial charge in [0.25, 0.3) is 0 Å². The molecule has 0 radical (unpaired) electrons. The molecule has 0 aromatic rings. The summed E-state index contributed by atoms with van der Waals surface area (Å²) < 4.78 is 28.8. The van der Waals surface area contributed by atoms with Gasteiger partial charge in [0.1, 0.15) is 0 Å². The summed E-state index contributed by atoms with van der Waals surface area (Å²) in [6.07, 6.45) is 1.53. The lowest BCUT2D eigenvalue weighted by atomic mass is 10.2. The molecule has 122 valence electrons. The SMILES string of the molecule is CN=C(NCCN1CCOCC1)NCC1CCCS1(=O)=O. The molecule has 2 fully saturated rings. The Labute approximate surface area is 127 Å². The van der Waals surface area contributed by atoms with E-state index in [0.717, 1.165) is 52.2 Å². The van der Waals surface area contributed by atoms with Gasteiger partial charge >= 0.3 is 0 Å². The zero-order valence-corrected chi connectivity index (χ0v) is 13.5. The Morgan fingerprint density at radius 3 is 2.71 bits per heavy atom. The van der Waals surface area contributed by atoms with E-state index in [9.17, 15) is 8.42 Å². The number of ether oxygens (including phenoxy) is 1. The fraction of sp³-hybridized carbons (Fsp3) is 0.923. The summed E-state index contributed by atoms with van der Waals surface area (Å²) in [4.78, 5) is 6.47. The van der Waals surface area contributed by atoms with Crippen LogP contribution in [-0.2, 0) is 14.6 Å². The van der Waals surface area contributed by atoms with Crippen molar-refractivity contribution < 1.29 is 13.2 Å². The zero-order valence-electron chi connectivity index (χ0n) is 12.7. The number of hydrogen-bond acceptors (Lipinski definition) is 5. The molecule has 1 atom stereocenters. The van der Waals surface area contributed by atoms with E-state index >= 15 is 0 Å². The van der Waals surface area contributed by atoms with Crippen LogP contribution in [0.5, 0.6) is 0 Å². The van der Waals surface area contributed by atoms with Crippen LogP contribution >= 0.6 is 0 Å². The van der Waals surface area contributed by atoms with Crippen molar-refractivity contribution in [3.8, 4) is 0 Å². The Hall–Kier alpha value is -0.860. The predicted octanol–water partition coefficient (Wildman–Crippen LogP) is -0.939. The molecule has 2 aliphatic heterocycles. The minimum Gasteiger partial charge on any atom is -0.379 e. The van der Waals surface area contributed by atoms with Crippen LogP contribution in [0.25, 0.3) is 0 Å². The molecule has 0 bridgehead atoms. The highest BCUT2D eigenvalue weighted by molar-refractivity contribution is 7.92. The molecule has 21 heavy (non-hydrogen) atoms. The molecule has 0 aromatic carbocycles. The molecule has 1 unspecified atom stereocenters. The van der Waals surface area contributed by atoms with Gasteiger partial charge in [0, 0.05) is 39.8 Å². The Morgan fingerprint density at radius 2 is 2.10 bits per heavy atom. The number of guanidine groups is 1. The normalized spacial score (nSPS) is 26.7. The highest BCUT2D eigenvalue weighted by atomic mass is 32.2. The van der Waals surface area contributed by atoms with Crippen LogP contribution in [-0.4, -0.2) is 83.3 Å². The minimum atomic E-state index is -2.90. The zero-order chi connectivity index (χ0) is 15.1. The standard InChI is InChI=1S/C13H26N4O3S/c1-14-13(15-4-5-17-6-8-20-9-7-17)16-11-12-3-2-10-21(12,18)19/h12H,2-11H2,1H3,(H2,14,15,16). The molecule has 0 saturated carbocycles. The van der Waals surface area contributed by atoms with Crippen molar-refractivity contribution >= 4 is 15.8 Å².